The molecule has 0 atom stereocenters. The summed E-state index contributed by atoms with van der Waals surface area (Å²) in [6, 6.07) is 0. The van der Waals surface area contributed by atoms with Gasteiger partial charge in [-0.1, -0.05) is 0 Å². The lowest BCUT2D eigenvalue weighted by molar-refractivity contribution is -0.263. The molecule has 0 fully saturated rings. The number of hydrogen-bond acceptors (Lipinski definition) is 6. The second kappa shape index (κ2) is 7.45. The zero-order valence-corrected chi connectivity index (χ0v) is 9.97. The number of carbonyl (C=O) groups is 2. The monoisotopic (exact) mass is 234 g/mol. The van der Waals surface area contributed by atoms with Crippen LogP contribution in [0.5, 0.6) is 0 Å². The maximum atomic E-state index is 10.8. The van der Waals surface area contributed by atoms with Gasteiger partial charge in [0.2, 0.25) is 0 Å². The van der Waals surface area contributed by atoms with Crippen molar-refractivity contribution < 1.29 is 28.5 Å². The van der Waals surface area contributed by atoms with E-state index in [9.17, 15) is 9.59 Å². The molecule has 0 N–H and O–H groups in total. The van der Waals surface area contributed by atoms with Crippen LogP contribution in [0.2, 0.25) is 0 Å². The van der Waals surface area contributed by atoms with E-state index >= 15 is 0 Å². The van der Waals surface area contributed by atoms with Crippen LogP contribution >= 0.6 is 0 Å². The second-order valence-corrected chi connectivity index (χ2v) is 3.12. The van der Waals surface area contributed by atoms with Crippen LogP contribution in [-0.2, 0) is 28.5 Å². The molecule has 0 amide bonds. The van der Waals surface area contributed by atoms with Crippen LogP contribution in [-0.4, -0.2) is 53.1 Å². The highest BCUT2D eigenvalue weighted by Gasteiger charge is 2.42. The molecule has 0 aromatic rings. The van der Waals surface area contributed by atoms with Gasteiger partial charge in [0.25, 0.3) is 0 Å². The Morgan fingerprint density at radius 2 is 1.44 bits per heavy atom. The van der Waals surface area contributed by atoms with Gasteiger partial charge in [-0.15, -0.1) is 0 Å². The standard InChI is InChI=1S/C10H18O6/c1-13-9(14-2)5-10(15-3,16-4)8(6-11)7-12/h6-9H,5H2,1-4H3. The maximum absolute atomic E-state index is 10.8. The topological polar surface area (TPSA) is 71.1 Å². The summed E-state index contributed by atoms with van der Waals surface area (Å²) in [5.41, 5.74) is 0. The van der Waals surface area contributed by atoms with Gasteiger partial charge in [-0.05, 0) is 0 Å². The molecule has 0 aliphatic heterocycles. The number of hydrogen-bond donors (Lipinski definition) is 0. The molecule has 0 saturated heterocycles. The fraction of sp³-hybridized carbons (Fsp3) is 0.800. The number of carbonyl (C=O) groups excluding carboxylic acids is 2. The zero-order chi connectivity index (χ0) is 12.6. The first-order valence-corrected chi connectivity index (χ1v) is 4.70. The Kier molecular flexibility index (Phi) is 7.07. The fourth-order valence-corrected chi connectivity index (χ4v) is 1.39. The van der Waals surface area contributed by atoms with Gasteiger partial charge in [0.05, 0.1) is 6.42 Å². The third-order valence-corrected chi connectivity index (χ3v) is 2.47. The molecule has 0 saturated carbocycles. The molecule has 0 radical (unpaired) electrons. The third-order valence-electron chi connectivity index (χ3n) is 2.47. The van der Waals surface area contributed by atoms with Gasteiger partial charge < -0.3 is 28.5 Å². The van der Waals surface area contributed by atoms with Gasteiger partial charge in [-0.3, -0.25) is 0 Å². The zero-order valence-electron chi connectivity index (χ0n) is 9.97. The molecule has 0 unspecified atom stereocenters. The van der Waals surface area contributed by atoms with Crippen LogP contribution in [0.4, 0.5) is 0 Å². The largest absolute Gasteiger partial charge is 0.356 e. The van der Waals surface area contributed by atoms with Crippen LogP contribution in [0, 0.1) is 5.92 Å². The van der Waals surface area contributed by atoms with Crippen molar-refractivity contribution in [1.29, 1.82) is 0 Å². The van der Waals surface area contributed by atoms with Crippen molar-refractivity contribution in [3.8, 4) is 0 Å². The molecular formula is C10H18O6. The predicted octanol–water partition coefficient (Wildman–Crippen LogP) is -0.00150. The molecule has 6 nitrogen and oxygen atoms in total. The highest BCUT2D eigenvalue weighted by atomic mass is 16.7. The average molecular weight is 234 g/mol. The molecule has 0 heterocycles. The Morgan fingerprint density at radius 1 is 1.00 bits per heavy atom. The molecule has 94 valence electrons. The molecule has 0 aliphatic rings. The summed E-state index contributed by atoms with van der Waals surface area (Å²) in [6.45, 7) is 0. The van der Waals surface area contributed by atoms with Gasteiger partial charge in [-0.2, -0.15) is 0 Å². The van der Waals surface area contributed by atoms with E-state index in [0.29, 0.717) is 12.6 Å². The third kappa shape index (κ3) is 3.34. The number of aldehydes is 2. The van der Waals surface area contributed by atoms with Gasteiger partial charge >= 0.3 is 0 Å². The minimum absolute atomic E-state index is 0.106. The smallest absolute Gasteiger partial charge is 0.188 e. The number of rotatable bonds is 9. The van der Waals surface area contributed by atoms with E-state index in [4.69, 9.17) is 18.9 Å². The van der Waals surface area contributed by atoms with E-state index in [1.807, 2.05) is 0 Å². The summed E-state index contributed by atoms with van der Waals surface area (Å²) >= 11 is 0. The van der Waals surface area contributed by atoms with E-state index in [1.54, 1.807) is 0 Å². The van der Waals surface area contributed by atoms with Crippen molar-refractivity contribution in [3.63, 3.8) is 0 Å². The second-order valence-electron chi connectivity index (χ2n) is 3.12. The molecule has 0 aromatic carbocycles. The first-order chi connectivity index (χ1) is 7.63. The van der Waals surface area contributed by atoms with Gasteiger partial charge in [0.1, 0.15) is 18.5 Å². The van der Waals surface area contributed by atoms with Crippen molar-refractivity contribution in [2.45, 2.75) is 18.5 Å². The van der Waals surface area contributed by atoms with E-state index in [0.717, 1.165) is 0 Å². The minimum atomic E-state index is -1.36. The fourth-order valence-electron chi connectivity index (χ4n) is 1.39. The quantitative estimate of drug-likeness (QED) is 0.317. The Balaban J connectivity index is 4.91. The van der Waals surface area contributed by atoms with Gasteiger partial charge in [0.15, 0.2) is 12.1 Å². The normalized spacial score (nSPS) is 12.1. The first kappa shape index (κ1) is 15.2. The Morgan fingerprint density at radius 3 is 1.69 bits per heavy atom. The first-order valence-electron chi connectivity index (χ1n) is 4.70. The lowest BCUT2D eigenvalue weighted by Crippen LogP contribution is -2.47. The van der Waals surface area contributed by atoms with Crippen LogP contribution in [0.25, 0.3) is 0 Å². The molecular weight excluding hydrogens is 216 g/mol. The van der Waals surface area contributed by atoms with Crippen LogP contribution < -0.4 is 0 Å². The molecule has 0 bridgehead atoms. The van der Waals surface area contributed by atoms with E-state index < -0.39 is 18.0 Å². The Bertz CT molecular complexity index is 201. The SMILES string of the molecule is COC(CC(OC)(OC)C(C=O)C=O)OC. The Labute approximate surface area is 94.8 Å². The molecule has 0 aliphatic carbocycles. The van der Waals surface area contributed by atoms with Gasteiger partial charge in [0, 0.05) is 28.4 Å². The summed E-state index contributed by atoms with van der Waals surface area (Å²) < 4.78 is 20.2. The van der Waals surface area contributed by atoms with Crippen LogP contribution in [0.15, 0.2) is 0 Å². The van der Waals surface area contributed by atoms with Crippen molar-refractivity contribution in [3.05, 3.63) is 0 Å². The molecule has 0 spiro atoms. The molecule has 0 aromatic heterocycles. The maximum Gasteiger partial charge on any atom is 0.188 e. The highest BCUT2D eigenvalue weighted by Crippen LogP contribution is 2.27. The molecule has 16 heavy (non-hydrogen) atoms. The summed E-state index contributed by atoms with van der Waals surface area (Å²) in [6.07, 6.45) is 0.433. The molecule has 0 rings (SSSR count). The Hall–Kier alpha value is -0.820. The van der Waals surface area contributed by atoms with E-state index in [1.165, 1.54) is 28.4 Å². The summed E-state index contributed by atoms with van der Waals surface area (Å²) in [4.78, 5) is 21.6. The minimum Gasteiger partial charge on any atom is -0.356 e. The summed E-state index contributed by atoms with van der Waals surface area (Å²) in [5.74, 6) is -2.39. The van der Waals surface area contributed by atoms with Crippen LogP contribution in [0.3, 0.4) is 0 Å². The van der Waals surface area contributed by atoms with Gasteiger partial charge in [-0.25, -0.2) is 0 Å². The van der Waals surface area contributed by atoms with Crippen molar-refractivity contribution in [2.24, 2.45) is 5.92 Å². The van der Waals surface area contributed by atoms with Crippen molar-refractivity contribution in [2.75, 3.05) is 28.4 Å². The lowest BCUT2D eigenvalue weighted by atomic mass is 9.97. The number of methoxy groups -OCH3 is 4. The van der Waals surface area contributed by atoms with Crippen molar-refractivity contribution >= 4 is 12.6 Å². The van der Waals surface area contributed by atoms with E-state index in [-0.39, 0.29) is 6.42 Å². The summed E-state index contributed by atoms with van der Waals surface area (Å²) in [7, 11) is 5.60. The summed E-state index contributed by atoms with van der Waals surface area (Å²) in [5, 5.41) is 0. The average Bonchev–Trinajstić information content (AvgIpc) is 2.35. The van der Waals surface area contributed by atoms with Crippen LogP contribution in [0.1, 0.15) is 6.42 Å². The highest BCUT2D eigenvalue weighted by molar-refractivity contribution is 5.78. The lowest BCUT2D eigenvalue weighted by Gasteiger charge is -2.34. The molecule has 6 heteroatoms. The van der Waals surface area contributed by atoms with E-state index in [2.05, 4.69) is 0 Å². The number of ether oxygens (including phenoxy) is 4. The van der Waals surface area contributed by atoms with Crippen molar-refractivity contribution in [1.82, 2.24) is 0 Å². The predicted molar refractivity (Wildman–Crippen MR) is 54.8 cm³/mol.